The number of aromatic carboxylic acids is 2. The Morgan fingerprint density at radius 2 is 1.42 bits per heavy atom. The second kappa shape index (κ2) is 11.5. The van der Waals surface area contributed by atoms with Gasteiger partial charge in [-0.25, -0.2) is 19.6 Å². The van der Waals surface area contributed by atoms with Crippen molar-refractivity contribution in [1.29, 1.82) is 0 Å². The summed E-state index contributed by atoms with van der Waals surface area (Å²) >= 11 is 0. The van der Waals surface area contributed by atoms with E-state index in [1.165, 1.54) is 6.42 Å². The Hall–Kier alpha value is -5.50. The van der Waals surface area contributed by atoms with Crippen LogP contribution >= 0.6 is 0 Å². The number of carbonyl (C=O) groups is 2. The van der Waals surface area contributed by atoms with Crippen molar-refractivity contribution in [3.05, 3.63) is 102 Å². The molecule has 45 heavy (non-hydrogen) atoms. The summed E-state index contributed by atoms with van der Waals surface area (Å²) < 4.78 is 7.61. The summed E-state index contributed by atoms with van der Waals surface area (Å²) in [6, 6.07) is 28.2. The summed E-state index contributed by atoms with van der Waals surface area (Å²) in [5, 5.41) is 20.2. The number of carboxylic acid groups (broad SMARTS) is 2. The monoisotopic (exact) mass is 597 g/mol. The molecular weight excluding hydrogens is 566 g/mol. The van der Waals surface area contributed by atoms with Crippen molar-refractivity contribution in [3.63, 3.8) is 0 Å². The van der Waals surface area contributed by atoms with E-state index in [0.29, 0.717) is 17.3 Å². The van der Waals surface area contributed by atoms with E-state index in [0.717, 1.165) is 75.9 Å². The molecule has 1 saturated carbocycles. The SMILES string of the molecule is COc1ccc(-c2ccc(C(=O)O)cc2-c2ccc3cc(-c4nc5cc(C(=O)O)ccc5n4C4CCCCC4)ccc3n2)cc1. The number of imidazole rings is 1. The maximum atomic E-state index is 11.9. The number of carboxylic acids is 2. The van der Waals surface area contributed by atoms with Crippen LogP contribution in [0.2, 0.25) is 0 Å². The number of fused-ring (bicyclic) bond motifs is 2. The topological polar surface area (TPSA) is 115 Å². The van der Waals surface area contributed by atoms with Crippen LogP contribution in [0.3, 0.4) is 0 Å². The first-order valence-corrected chi connectivity index (χ1v) is 15.1. The predicted molar refractivity (Wildman–Crippen MR) is 174 cm³/mol. The third-order valence-corrected chi connectivity index (χ3v) is 8.77. The first kappa shape index (κ1) is 28.3. The molecule has 0 aliphatic heterocycles. The van der Waals surface area contributed by atoms with E-state index >= 15 is 0 Å². The van der Waals surface area contributed by atoms with Gasteiger partial charge in [0.05, 0.1) is 40.5 Å². The smallest absolute Gasteiger partial charge is 0.335 e. The second-order valence-electron chi connectivity index (χ2n) is 11.5. The summed E-state index contributed by atoms with van der Waals surface area (Å²) in [4.78, 5) is 33.5. The number of rotatable bonds is 7. The minimum absolute atomic E-state index is 0.187. The molecular formula is C37H31N3O5. The Bertz CT molecular complexity index is 2090. The molecule has 0 unspecified atom stereocenters. The van der Waals surface area contributed by atoms with Crippen molar-refractivity contribution >= 4 is 33.9 Å². The molecule has 4 aromatic carbocycles. The fourth-order valence-corrected chi connectivity index (χ4v) is 6.47. The first-order valence-electron chi connectivity index (χ1n) is 15.1. The van der Waals surface area contributed by atoms with Gasteiger partial charge in [0, 0.05) is 22.6 Å². The van der Waals surface area contributed by atoms with Gasteiger partial charge in [-0.15, -0.1) is 0 Å². The molecule has 2 N–H and O–H groups in total. The average Bonchev–Trinajstić information content (AvgIpc) is 3.47. The van der Waals surface area contributed by atoms with E-state index in [9.17, 15) is 19.8 Å². The highest BCUT2D eigenvalue weighted by Gasteiger charge is 2.23. The molecule has 1 aliphatic rings. The van der Waals surface area contributed by atoms with Gasteiger partial charge in [-0.05, 0) is 90.7 Å². The van der Waals surface area contributed by atoms with Crippen LogP contribution in [0, 0.1) is 0 Å². The average molecular weight is 598 g/mol. The fourth-order valence-electron chi connectivity index (χ4n) is 6.47. The largest absolute Gasteiger partial charge is 0.497 e. The predicted octanol–water partition coefficient (Wildman–Crippen LogP) is 8.50. The molecule has 0 atom stereocenters. The number of benzene rings is 4. The third-order valence-electron chi connectivity index (χ3n) is 8.77. The van der Waals surface area contributed by atoms with E-state index in [2.05, 4.69) is 10.6 Å². The summed E-state index contributed by atoms with van der Waals surface area (Å²) in [5.74, 6) is -0.413. The zero-order valence-corrected chi connectivity index (χ0v) is 24.7. The number of pyridine rings is 1. The Labute approximate surface area is 259 Å². The second-order valence-corrected chi connectivity index (χ2v) is 11.5. The molecule has 0 spiro atoms. The highest BCUT2D eigenvalue weighted by atomic mass is 16.5. The number of aromatic nitrogens is 3. The molecule has 8 heteroatoms. The minimum atomic E-state index is -1.00. The zero-order valence-electron chi connectivity index (χ0n) is 24.7. The van der Waals surface area contributed by atoms with Crippen molar-refractivity contribution in [1.82, 2.24) is 14.5 Å². The van der Waals surface area contributed by atoms with Crippen molar-refractivity contribution < 1.29 is 24.5 Å². The molecule has 7 rings (SSSR count). The van der Waals surface area contributed by atoms with Crippen molar-refractivity contribution in [2.45, 2.75) is 38.1 Å². The van der Waals surface area contributed by atoms with E-state index in [4.69, 9.17) is 14.7 Å². The van der Waals surface area contributed by atoms with E-state index < -0.39 is 11.9 Å². The molecule has 2 aromatic heterocycles. The molecule has 224 valence electrons. The Kier molecular flexibility index (Phi) is 7.25. The molecule has 0 bridgehead atoms. The molecule has 1 aliphatic carbocycles. The lowest BCUT2D eigenvalue weighted by Crippen LogP contribution is -2.14. The number of hydrogen-bond donors (Lipinski definition) is 2. The number of hydrogen-bond acceptors (Lipinski definition) is 5. The van der Waals surface area contributed by atoms with Crippen LogP contribution in [0.5, 0.6) is 5.75 Å². The maximum absolute atomic E-state index is 11.9. The van der Waals surface area contributed by atoms with Crippen LogP contribution < -0.4 is 4.74 Å². The van der Waals surface area contributed by atoms with Crippen LogP contribution in [-0.2, 0) is 0 Å². The van der Waals surface area contributed by atoms with Gasteiger partial charge in [-0.1, -0.05) is 43.5 Å². The molecule has 2 heterocycles. The summed E-state index contributed by atoms with van der Waals surface area (Å²) in [6.45, 7) is 0. The molecule has 8 nitrogen and oxygen atoms in total. The summed E-state index contributed by atoms with van der Waals surface area (Å²) in [5.41, 5.74) is 6.91. The normalized spacial score (nSPS) is 13.7. The van der Waals surface area contributed by atoms with Gasteiger partial charge >= 0.3 is 11.9 Å². The quantitative estimate of drug-likeness (QED) is 0.190. The van der Waals surface area contributed by atoms with Gasteiger partial charge in [0.25, 0.3) is 0 Å². The lowest BCUT2D eigenvalue weighted by atomic mass is 9.94. The highest BCUT2D eigenvalue weighted by molar-refractivity contribution is 5.95. The molecule has 1 fully saturated rings. The maximum Gasteiger partial charge on any atom is 0.335 e. The first-order chi connectivity index (χ1) is 21.9. The number of ether oxygens (including phenoxy) is 1. The molecule has 6 aromatic rings. The van der Waals surface area contributed by atoms with E-state index in [1.807, 2.05) is 60.7 Å². The number of methoxy groups -OCH3 is 1. The van der Waals surface area contributed by atoms with Crippen LogP contribution in [0.1, 0.15) is 58.9 Å². The van der Waals surface area contributed by atoms with Gasteiger partial charge in [0.15, 0.2) is 0 Å². The van der Waals surface area contributed by atoms with Crippen LogP contribution in [-0.4, -0.2) is 43.8 Å². The Balaban J connectivity index is 1.33. The van der Waals surface area contributed by atoms with Gasteiger partial charge in [0.2, 0.25) is 0 Å². The van der Waals surface area contributed by atoms with Crippen molar-refractivity contribution in [2.75, 3.05) is 7.11 Å². The standard InChI is InChI=1S/C37H31N3O5/c1-45-28-13-7-22(8-14-28)29-15-9-25(36(41)42)20-30(29)32-17-10-23-19-24(11-16-31(23)38-32)35-39-33-21-26(37(43)44)12-18-34(33)40(35)27-5-3-2-4-6-27/h7-21,27H,2-6H2,1H3,(H,41,42)(H,43,44). The summed E-state index contributed by atoms with van der Waals surface area (Å²) in [7, 11) is 1.62. The molecule has 0 radical (unpaired) electrons. The van der Waals surface area contributed by atoms with Crippen LogP contribution in [0.25, 0.3) is 55.7 Å². The van der Waals surface area contributed by atoms with Crippen LogP contribution in [0.15, 0.2) is 91.0 Å². The van der Waals surface area contributed by atoms with Crippen molar-refractivity contribution in [3.8, 4) is 39.5 Å². The highest BCUT2D eigenvalue weighted by Crippen LogP contribution is 2.38. The van der Waals surface area contributed by atoms with Gasteiger partial charge in [-0.2, -0.15) is 0 Å². The van der Waals surface area contributed by atoms with Gasteiger partial charge in [0.1, 0.15) is 11.6 Å². The Morgan fingerprint density at radius 3 is 2.16 bits per heavy atom. The summed E-state index contributed by atoms with van der Waals surface area (Å²) in [6.07, 6.45) is 5.65. The number of nitrogens with zero attached hydrogens (tertiary/aromatic N) is 3. The van der Waals surface area contributed by atoms with Crippen molar-refractivity contribution in [2.24, 2.45) is 0 Å². The van der Waals surface area contributed by atoms with Gasteiger partial charge < -0.3 is 19.5 Å². The fraction of sp³-hybridized carbons (Fsp3) is 0.189. The Morgan fingerprint density at radius 1 is 0.711 bits per heavy atom. The van der Waals surface area contributed by atoms with Gasteiger partial charge in [-0.3, -0.25) is 0 Å². The molecule has 0 saturated heterocycles. The lowest BCUT2D eigenvalue weighted by Gasteiger charge is -2.25. The minimum Gasteiger partial charge on any atom is -0.497 e. The molecule has 0 amide bonds. The van der Waals surface area contributed by atoms with Crippen LogP contribution in [0.4, 0.5) is 0 Å². The lowest BCUT2D eigenvalue weighted by molar-refractivity contribution is 0.0686. The van der Waals surface area contributed by atoms with E-state index in [1.54, 1.807) is 31.4 Å². The zero-order chi connectivity index (χ0) is 31.1. The third kappa shape index (κ3) is 5.29. The van der Waals surface area contributed by atoms with E-state index in [-0.39, 0.29) is 11.1 Å².